The Labute approximate surface area is 99.0 Å². The molecular weight excluding hydrogens is 212 g/mol. The van der Waals surface area contributed by atoms with Crippen LogP contribution in [0, 0.1) is 0 Å². The van der Waals surface area contributed by atoms with E-state index < -0.39 is 10.0 Å². The van der Waals surface area contributed by atoms with Gasteiger partial charge in [0.2, 0.25) is 0 Å². The lowest BCUT2D eigenvalue weighted by atomic mass is 10.4. The number of hydrogen-bond donors (Lipinski definition) is 0. The second-order valence-electron chi connectivity index (χ2n) is 3.77. The molecule has 2 rings (SSSR count). The van der Waals surface area contributed by atoms with Crippen LogP contribution in [0.25, 0.3) is 0 Å². The van der Waals surface area contributed by atoms with E-state index in [4.69, 9.17) is 0 Å². The third kappa shape index (κ3) is 1.91. The minimum atomic E-state index is -1.07. The first-order valence-corrected chi connectivity index (χ1v) is 7.39. The van der Waals surface area contributed by atoms with Crippen molar-refractivity contribution in [1.29, 1.82) is 0 Å². The van der Waals surface area contributed by atoms with Crippen molar-refractivity contribution in [1.82, 2.24) is 0 Å². The molecule has 0 aliphatic heterocycles. The van der Waals surface area contributed by atoms with E-state index in [1.165, 1.54) is 9.79 Å². The Morgan fingerprint density at radius 3 is 1.50 bits per heavy atom. The van der Waals surface area contributed by atoms with Crippen molar-refractivity contribution >= 4 is 10.0 Å². The van der Waals surface area contributed by atoms with Gasteiger partial charge in [-0.1, -0.05) is 43.0 Å². The molecule has 0 bridgehead atoms. The molecule has 16 heavy (non-hydrogen) atoms. The van der Waals surface area contributed by atoms with E-state index in [1.807, 2.05) is 0 Å². The Balaban J connectivity index is 2.53. The van der Waals surface area contributed by atoms with Crippen LogP contribution in [0.4, 0.5) is 0 Å². The quantitative estimate of drug-likeness (QED) is 0.715. The minimum absolute atomic E-state index is 1.07. The van der Waals surface area contributed by atoms with E-state index >= 15 is 0 Å². The van der Waals surface area contributed by atoms with Gasteiger partial charge in [0.25, 0.3) is 0 Å². The molecule has 0 aliphatic rings. The van der Waals surface area contributed by atoms with Crippen molar-refractivity contribution in [3.05, 3.63) is 72.7 Å². The van der Waals surface area contributed by atoms with Crippen molar-refractivity contribution < 1.29 is 0 Å². The maximum absolute atomic E-state index is 4.02. The van der Waals surface area contributed by atoms with Crippen molar-refractivity contribution in [3.8, 4) is 0 Å². The highest BCUT2D eigenvalue weighted by atomic mass is 32.3. The minimum Gasteiger partial charge on any atom is -0.171 e. The largest absolute Gasteiger partial charge is 0.171 e. The summed E-state index contributed by atoms with van der Waals surface area (Å²) in [5.74, 6) is 0. The molecule has 0 saturated heterocycles. The molecule has 0 aromatic heterocycles. The number of rotatable bonds is 3. The smallest absolute Gasteiger partial charge is 0.00265 e. The van der Waals surface area contributed by atoms with Crippen LogP contribution in [-0.2, 0) is 0 Å². The standard InChI is InChI=1S/C15H16S/c1-3-16(2,14-10-6-4-7-11-14)15-12-8-5-9-13-15/h3-13H,1H2,2H3. The third-order valence-corrected chi connectivity index (χ3v) is 5.97. The lowest BCUT2D eigenvalue weighted by molar-refractivity contribution is 1.37. The molecule has 0 fully saturated rings. The van der Waals surface area contributed by atoms with Gasteiger partial charge in [0, 0.05) is 0 Å². The molecule has 0 atom stereocenters. The second kappa shape index (κ2) is 4.58. The first-order valence-electron chi connectivity index (χ1n) is 5.28. The van der Waals surface area contributed by atoms with E-state index in [0.717, 1.165) is 0 Å². The van der Waals surface area contributed by atoms with Gasteiger partial charge in [-0.3, -0.25) is 0 Å². The van der Waals surface area contributed by atoms with Gasteiger partial charge in [-0.05, 0) is 45.7 Å². The Hall–Kier alpha value is -1.47. The van der Waals surface area contributed by atoms with Crippen molar-refractivity contribution in [2.75, 3.05) is 6.26 Å². The van der Waals surface area contributed by atoms with Crippen LogP contribution in [0.15, 0.2) is 82.4 Å². The zero-order chi connectivity index (χ0) is 11.4. The molecule has 0 aliphatic carbocycles. The van der Waals surface area contributed by atoms with Gasteiger partial charge >= 0.3 is 0 Å². The Kier molecular flexibility index (Phi) is 3.16. The van der Waals surface area contributed by atoms with Crippen LogP contribution in [0.2, 0.25) is 0 Å². The summed E-state index contributed by atoms with van der Waals surface area (Å²) in [6.07, 6.45) is 2.28. The molecule has 2 aromatic carbocycles. The van der Waals surface area contributed by atoms with E-state index in [9.17, 15) is 0 Å². The van der Waals surface area contributed by atoms with Gasteiger partial charge in [0.15, 0.2) is 0 Å². The molecule has 2 aromatic rings. The van der Waals surface area contributed by atoms with E-state index in [1.54, 1.807) is 0 Å². The number of benzene rings is 2. The zero-order valence-electron chi connectivity index (χ0n) is 9.47. The Morgan fingerprint density at radius 1 is 0.812 bits per heavy atom. The van der Waals surface area contributed by atoms with Gasteiger partial charge in [0.1, 0.15) is 0 Å². The first kappa shape index (κ1) is 11.0. The van der Waals surface area contributed by atoms with Crippen LogP contribution in [0.1, 0.15) is 0 Å². The average Bonchev–Trinajstić information content (AvgIpc) is 2.40. The highest BCUT2D eigenvalue weighted by Crippen LogP contribution is 2.60. The second-order valence-corrected chi connectivity index (χ2v) is 7.01. The summed E-state index contributed by atoms with van der Waals surface area (Å²) in [6, 6.07) is 21.2. The van der Waals surface area contributed by atoms with Crippen LogP contribution in [0.5, 0.6) is 0 Å². The van der Waals surface area contributed by atoms with Gasteiger partial charge in [-0.15, -0.1) is 0 Å². The van der Waals surface area contributed by atoms with Crippen LogP contribution < -0.4 is 0 Å². The van der Waals surface area contributed by atoms with Crippen molar-refractivity contribution in [2.24, 2.45) is 0 Å². The summed E-state index contributed by atoms with van der Waals surface area (Å²) in [5, 5.41) is 2.09. The van der Waals surface area contributed by atoms with Gasteiger partial charge in [0.05, 0.1) is 0 Å². The molecule has 0 amide bonds. The summed E-state index contributed by atoms with van der Waals surface area (Å²) in [6.45, 7) is 4.02. The highest BCUT2D eigenvalue weighted by molar-refractivity contribution is 8.35. The van der Waals surface area contributed by atoms with E-state index in [0.29, 0.717) is 0 Å². The fraction of sp³-hybridized carbons (Fsp3) is 0.0667. The van der Waals surface area contributed by atoms with E-state index in [2.05, 4.69) is 78.9 Å². The highest BCUT2D eigenvalue weighted by Gasteiger charge is 2.18. The fourth-order valence-corrected chi connectivity index (χ4v) is 3.84. The lowest BCUT2D eigenvalue weighted by Gasteiger charge is -2.33. The topological polar surface area (TPSA) is 0 Å². The van der Waals surface area contributed by atoms with Crippen LogP contribution in [-0.4, -0.2) is 6.26 Å². The molecule has 0 unspecified atom stereocenters. The maximum Gasteiger partial charge on any atom is -0.00265 e. The van der Waals surface area contributed by atoms with Gasteiger partial charge in [-0.2, -0.15) is 10.0 Å². The molecule has 0 N–H and O–H groups in total. The molecule has 0 radical (unpaired) electrons. The predicted octanol–water partition coefficient (Wildman–Crippen LogP) is 4.68. The molecule has 0 spiro atoms. The normalized spacial score (nSPS) is 12.1. The zero-order valence-corrected chi connectivity index (χ0v) is 10.3. The Morgan fingerprint density at radius 2 is 1.19 bits per heavy atom. The molecule has 0 nitrogen and oxygen atoms in total. The molecule has 1 heteroatoms. The fourth-order valence-electron chi connectivity index (χ4n) is 1.73. The molecule has 0 saturated carbocycles. The summed E-state index contributed by atoms with van der Waals surface area (Å²) in [7, 11) is -1.07. The van der Waals surface area contributed by atoms with Gasteiger partial charge < -0.3 is 0 Å². The Bertz CT molecular complexity index is 420. The third-order valence-electron chi connectivity index (χ3n) is 2.80. The monoisotopic (exact) mass is 228 g/mol. The molecular formula is C15H16S. The summed E-state index contributed by atoms with van der Waals surface area (Å²) in [4.78, 5) is 2.72. The lowest BCUT2D eigenvalue weighted by Crippen LogP contribution is -1.95. The maximum atomic E-state index is 4.02. The van der Waals surface area contributed by atoms with E-state index in [-0.39, 0.29) is 0 Å². The number of hydrogen-bond acceptors (Lipinski definition) is 0. The van der Waals surface area contributed by atoms with Crippen LogP contribution >= 0.6 is 10.0 Å². The summed E-state index contributed by atoms with van der Waals surface area (Å²) < 4.78 is 0. The van der Waals surface area contributed by atoms with Crippen molar-refractivity contribution in [2.45, 2.75) is 9.79 Å². The SMILES string of the molecule is C=CS(C)(c1ccccc1)c1ccccc1. The first-order chi connectivity index (χ1) is 7.77. The van der Waals surface area contributed by atoms with Crippen molar-refractivity contribution in [3.63, 3.8) is 0 Å². The summed E-state index contributed by atoms with van der Waals surface area (Å²) in [5.41, 5.74) is 0. The average molecular weight is 228 g/mol. The molecule has 82 valence electrons. The van der Waals surface area contributed by atoms with Crippen LogP contribution in [0.3, 0.4) is 0 Å². The predicted molar refractivity (Wildman–Crippen MR) is 73.1 cm³/mol. The summed E-state index contributed by atoms with van der Waals surface area (Å²) >= 11 is 0. The molecule has 0 heterocycles. The van der Waals surface area contributed by atoms with Gasteiger partial charge in [-0.25, -0.2) is 0 Å².